The number of amides is 1. The zero-order valence-corrected chi connectivity index (χ0v) is 14.7. The van der Waals surface area contributed by atoms with Crippen molar-refractivity contribution < 1.29 is 4.79 Å². The van der Waals surface area contributed by atoms with E-state index in [0.29, 0.717) is 17.7 Å². The Morgan fingerprint density at radius 3 is 2.92 bits per heavy atom. The van der Waals surface area contributed by atoms with Crippen LogP contribution in [0.3, 0.4) is 0 Å². The lowest BCUT2D eigenvalue weighted by Crippen LogP contribution is -2.39. The summed E-state index contributed by atoms with van der Waals surface area (Å²) in [6.07, 6.45) is 8.46. The molecular formula is C15H23N7OS. The monoisotopic (exact) mass is 349 g/mol. The van der Waals surface area contributed by atoms with Crippen molar-refractivity contribution in [2.45, 2.75) is 45.1 Å². The third-order valence-electron chi connectivity index (χ3n) is 4.19. The van der Waals surface area contributed by atoms with Crippen LogP contribution in [0.2, 0.25) is 0 Å². The second kappa shape index (κ2) is 8.29. The fourth-order valence-electron chi connectivity index (χ4n) is 2.84. The predicted octanol–water partition coefficient (Wildman–Crippen LogP) is 1.75. The SMILES string of the molecule is CCCCc1nnc(NC(=O)CN2CCC(n3cncn3)CC2)s1. The Bertz CT molecular complexity index is 634. The van der Waals surface area contributed by atoms with E-state index in [1.165, 1.54) is 11.3 Å². The summed E-state index contributed by atoms with van der Waals surface area (Å²) in [7, 11) is 0. The van der Waals surface area contributed by atoms with Crippen LogP contribution in [0.15, 0.2) is 12.7 Å². The van der Waals surface area contributed by atoms with E-state index in [9.17, 15) is 4.79 Å². The molecule has 1 amide bonds. The summed E-state index contributed by atoms with van der Waals surface area (Å²) in [5, 5.41) is 16.8. The van der Waals surface area contributed by atoms with Gasteiger partial charge in [0.2, 0.25) is 11.0 Å². The van der Waals surface area contributed by atoms with Gasteiger partial charge in [-0.2, -0.15) is 5.10 Å². The standard InChI is InChI=1S/C15H23N7OS/c1-2-3-4-14-19-20-15(24-14)18-13(23)9-21-7-5-12(6-8-21)22-11-16-10-17-22/h10-12H,2-9H2,1H3,(H,18,20,23). The molecule has 8 nitrogen and oxygen atoms in total. The van der Waals surface area contributed by atoms with Crippen molar-refractivity contribution in [3.63, 3.8) is 0 Å². The Labute approximate surface area is 145 Å². The lowest BCUT2D eigenvalue weighted by molar-refractivity contribution is -0.117. The quantitative estimate of drug-likeness (QED) is 0.819. The number of rotatable bonds is 7. The van der Waals surface area contributed by atoms with Gasteiger partial charge in [-0.25, -0.2) is 9.67 Å². The molecule has 0 unspecified atom stereocenters. The summed E-state index contributed by atoms with van der Waals surface area (Å²) in [5.41, 5.74) is 0. The van der Waals surface area contributed by atoms with E-state index in [-0.39, 0.29) is 5.91 Å². The maximum atomic E-state index is 12.2. The van der Waals surface area contributed by atoms with Crippen LogP contribution in [0.5, 0.6) is 0 Å². The van der Waals surface area contributed by atoms with Crippen LogP contribution in [0.25, 0.3) is 0 Å². The van der Waals surface area contributed by atoms with Gasteiger partial charge < -0.3 is 0 Å². The summed E-state index contributed by atoms with van der Waals surface area (Å²) in [6, 6.07) is 0.385. The highest BCUT2D eigenvalue weighted by molar-refractivity contribution is 7.15. The molecule has 0 saturated carbocycles. The number of carbonyl (C=O) groups excluding carboxylic acids is 1. The average Bonchev–Trinajstić information content (AvgIpc) is 3.25. The first kappa shape index (κ1) is 17.0. The van der Waals surface area contributed by atoms with E-state index < -0.39 is 0 Å². The van der Waals surface area contributed by atoms with Crippen molar-refractivity contribution >= 4 is 22.4 Å². The second-order valence-corrected chi connectivity index (χ2v) is 7.10. The molecule has 3 rings (SSSR count). The lowest BCUT2D eigenvalue weighted by Gasteiger charge is -2.31. The van der Waals surface area contributed by atoms with Crippen LogP contribution in [0.1, 0.15) is 43.7 Å². The molecule has 1 saturated heterocycles. The molecule has 2 aromatic rings. The van der Waals surface area contributed by atoms with E-state index in [4.69, 9.17) is 0 Å². The number of aromatic nitrogens is 5. The minimum Gasteiger partial charge on any atom is -0.299 e. The van der Waals surface area contributed by atoms with Crippen molar-refractivity contribution in [2.24, 2.45) is 0 Å². The van der Waals surface area contributed by atoms with Gasteiger partial charge in [-0.3, -0.25) is 15.0 Å². The van der Waals surface area contributed by atoms with Gasteiger partial charge in [0.15, 0.2) is 0 Å². The Morgan fingerprint density at radius 2 is 2.21 bits per heavy atom. The fraction of sp³-hybridized carbons (Fsp3) is 0.667. The highest BCUT2D eigenvalue weighted by Crippen LogP contribution is 2.21. The number of anilines is 1. The van der Waals surface area contributed by atoms with E-state index in [0.717, 1.165) is 50.2 Å². The molecule has 2 aromatic heterocycles. The molecule has 1 aliphatic heterocycles. The summed E-state index contributed by atoms with van der Waals surface area (Å²) >= 11 is 1.47. The van der Waals surface area contributed by atoms with Crippen molar-refractivity contribution in [1.29, 1.82) is 0 Å². The Morgan fingerprint density at radius 1 is 1.38 bits per heavy atom. The molecule has 0 atom stereocenters. The third kappa shape index (κ3) is 4.57. The number of likely N-dealkylation sites (tertiary alicyclic amines) is 1. The van der Waals surface area contributed by atoms with Gasteiger partial charge in [-0.1, -0.05) is 24.7 Å². The minimum atomic E-state index is -0.0209. The van der Waals surface area contributed by atoms with Crippen LogP contribution in [0, 0.1) is 0 Å². The number of unbranched alkanes of at least 4 members (excludes halogenated alkanes) is 1. The third-order valence-corrected chi connectivity index (χ3v) is 5.09. The number of hydrogen-bond donors (Lipinski definition) is 1. The van der Waals surface area contributed by atoms with E-state index in [1.807, 2.05) is 4.68 Å². The molecule has 1 aliphatic rings. The van der Waals surface area contributed by atoms with Crippen molar-refractivity contribution in [3.05, 3.63) is 17.7 Å². The molecular weight excluding hydrogens is 326 g/mol. The lowest BCUT2D eigenvalue weighted by atomic mass is 10.1. The highest BCUT2D eigenvalue weighted by atomic mass is 32.1. The van der Waals surface area contributed by atoms with Crippen molar-refractivity contribution in [2.75, 3.05) is 25.0 Å². The summed E-state index contributed by atoms with van der Waals surface area (Å²) < 4.78 is 1.91. The number of carbonyl (C=O) groups is 1. The first-order valence-corrected chi connectivity index (χ1v) is 9.25. The fourth-order valence-corrected chi connectivity index (χ4v) is 3.64. The van der Waals surface area contributed by atoms with Crippen molar-refractivity contribution in [3.8, 4) is 0 Å². The zero-order chi connectivity index (χ0) is 16.8. The number of nitrogens with zero attached hydrogens (tertiary/aromatic N) is 6. The Hall–Kier alpha value is -1.87. The number of piperidine rings is 1. The molecule has 0 aromatic carbocycles. The first-order valence-electron chi connectivity index (χ1n) is 8.43. The van der Waals surface area contributed by atoms with E-state index >= 15 is 0 Å². The van der Waals surface area contributed by atoms with Crippen LogP contribution in [0.4, 0.5) is 5.13 Å². The normalized spacial score (nSPS) is 16.4. The van der Waals surface area contributed by atoms with Gasteiger partial charge in [0, 0.05) is 19.5 Å². The van der Waals surface area contributed by atoms with Gasteiger partial charge in [0.05, 0.1) is 12.6 Å². The van der Waals surface area contributed by atoms with Gasteiger partial charge in [-0.15, -0.1) is 10.2 Å². The molecule has 24 heavy (non-hydrogen) atoms. The molecule has 0 bridgehead atoms. The topological polar surface area (TPSA) is 88.8 Å². The van der Waals surface area contributed by atoms with Crippen LogP contribution in [-0.4, -0.2) is 55.4 Å². The highest BCUT2D eigenvalue weighted by Gasteiger charge is 2.22. The Kier molecular flexibility index (Phi) is 5.86. The zero-order valence-electron chi connectivity index (χ0n) is 13.9. The maximum absolute atomic E-state index is 12.2. The summed E-state index contributed by atoms with van der Waals surface area (Å²) in [5.74, 6) is -0.0209. The molecule has 0 spiro atoms. The van der Waals surface area contributed by atoms with Crippen molar-refractivity contribution in [1.82, 2.24) is 29.9 Å². The maximum Gasteiger partial charge on any atom is 0.240 e. The molecule has 130 valence electrons. The second-order valence-electron chi connectivity index (χ2n) is 6.04. The summed E-state index contributed by atoms with van der Waals surface area (Å²) in [4.78, 5) is 18.3. The molecule has 3 heterocycles. The summed E-state index contributed by atoms with van der Waals surface area (Å²) in [6.45, 7) is 4.31. The largest absolute Gasteiger partial charge is 0.299 e. The number of hydrogen-bond acceptors (Lipinski definition) is 7. The molecule has 0 aliphatic carbocycles. The molecule has 1 fully saturated rings. The van der Waals surface area contributed by atoms with Gasteiger partial charge in [0.1, 0.15) is 17.7 Å². The van der Waals surface area contributed by atoms with E-state index in [1.54, 1.807) is 12.7 Å². The van der Waals surface area contributed by atoms with Crippen LogP contribution < -0.4 is 5.32 Å². The molecule has 9 heteroatoms. The minimum absolute atomic E-state index is 0.0209. The van der Waals surface area contributed by atoms with Crippen LogP contribution in [-0.2, 0) is 11.2 Å². The Balaban J connectivity index is 1.42. The predicted molar refractivity (Wildman–Crippen MR) is 91.9 cm³/mol. The number of aryl methyl sites for hydroxylation is 1. The van der Waals surface area contributed by atoms with Gasteiger partial charge in [-0.05, 0) is 19.3 Å². The van der Waals surface area contributed by atoms with Gasteiger partial charge in [0.25, 0.3) is 0 Å². The number of nitrogens with one attached hydrogen (secondary N) is 1. The molecule has 1 N–H and O–H groups in total. The average molecular weight is 349 g/mol. The smallest absolute Gasteiger partial charge is 0.240 e. The van der Waals surface area contributed by atoms with Crippen LogP contribution >= 0.6 is 11.3 Å². The van der Waals surface area contributed by atoms with Gasteiger partial charge >= 0.3 is 0 Å². The van der Waals surface area contributed by atoms with E-state index in [2.05, 4.69) is 37.4 Å². The first-order chi connectivity index (χ1) is 11.7. The molecule has 0 radical (unpaired) electrons.